The van der Waals surface area contributed by atoms with E-state index in [1.165, 1.54) is 17.8 Å². The number of nitrogens with zero attached hydrogens (tertiary/aromatic N) is 1. The largest absolute Gasteiger partial charge is 0.352 e. The van der Waals surface area contributed by atoms with E-state index in [2.05, 4.69) is 29.4 Å². The van der Waals surface area contributed by atoms with Crippen LogP contribution in [-0.4, -0.2) is 17.4 Å². The molecule has 1 heterocycles. The molecule has 2 rings (SSSR count). The Balaban J connectivity index is 1.85. The summed E-state index contributed by atoms with van der Waals surface area (Å²) in [5.74, 6) is 0.194. The van der Waals surface area contributed by atoms with Crippen molar-refractivity contribution in [2.75, 3.05) is 6.54 Å². The molecule has 0 aliphatic carbocycles. The van der Waals surface area contributed by atoms with Crippen molar-refractivity contribution in [2.45, 2.75) is 19.3 Å². The molecular formula is C16H16Cl2N2O. The predicted octanol–water partition coefficient (Wildman–Crippen LogP) is 4.31. The van der Waals surface area contributed by atoms with Crippen LogP contribution in [0, 0.1) is 0 Å². The third-order valence-electron chi connectivity index (χ3n) is 3.29. The lowest BCUT2D eigenvalue weighted by Gasteiger charge is -2.12. The van der Waals surface area contributed by atoms with Crippen LogP contribution in [0.15, 0.2) is 42.6 Å². The highest BCUT2D eigenvalue weighted by Crippen LogP contribution is 2.20. The molecule has 3 nitrogen and oxygen atoms in total. The second-order valence-electron chi connectivity index (χ2n) is 4.85. The van der Waals surface area contributed by atoms with Crippen LogP contribution in [-0.2, 0) is 0 Å². The van der Waals surface area contributed by atoms with Crippen LogP contribution < -0.4 is 5.32 Å². The molecule has 1 aromatic carbocycles. The first-order valence-corrected chi connectivity index (χ1v) is 7.47. The summed E-state index contributed by atoms with van der Waals surface area (Å²) < 4.78 is 0. The normalized spacial score (nSPS) is 12.0. The maximum Gasteiger partial charge on any atom is 0.252 e. The van der Waals surface area contributed by atoms with Gasteiger partial charge in [-0.2, -0.15) is 0 Å². The fourth-order valence-corrected chi connectivity index (χ4v) is 2.27. The number of amides is 1. The first-order valence-electron chi connectivity index (χ1n) is 6.72. The molecule has 1 amide bonds. The maximum atomic E-state index is 12.0. The Kier molecular flexibility index (Phi) is 5.59. The van der Waals surface area contributed by atoms with E-state index in [1.807, 2.05) is 18.2 Å². The molecule has 1 atom stereocenters. The number of carbonyl (C=O) groups excluding carboxylic acids is 1. The molecule has 0 aliphatic rings. The molecule has 1 unspecified atom stereocenters. The van der Waals surface area contributed by atoms with E-state index in [9.17, 15) is 4.79 Å². The molecule has 5 heteroatoms. The molecule has 21 heavy (non-hydrogen) atoms. The highest BCUT2D eigenvalue weighted by Gasteiger charge is 2.10. The minimum Gasteiger partial charge on any atom is -0.352 e. The lowest BCUT2D eigenvalue weighted by atomic mass is 9.98. The topological polar surface area (TPSA) is 42.0 Å². The number of hydrogen-bond acceptors (Lipinski definition) is 2. The van der Waals surface area contributed by atoms with Gasteiger partial charge in [-0.1, -0.05) is 60.5 Å². The van der Waals surface area contributed by atoms with E-state index in [-0.39, 0.29) is 16.1 Å². The first-order chi connectivity index (χ1) is 10.1. The molecule has 0 saturated carbocycles. The zero-order chi connectivity index (χ0) is 15.2. The van der Waals surface area contributed by atoms with Crippen molar-refractivity contribution in [3.05, 3.63) is 63.9 Å². The molecule has 0 spiro atoms. The Morgan fingerprint density at radius 3 is 2.67 bits per heavy atom. The Labute approximate surface area is 134 Å². The number of aromatic nitrogens is 1. The Morgan fingerprint density at radius 1 is 1.29 bits per heavy atom. The summed E-state index contributed by atoms with van der Waals surface area (Å²) in [7, 11) is 0. The minimum absolute atomic E-state index is 0.193. The van der Waals surface area contributed by atoms with Gasteiger partial charge in [-0.15, -0.1) is 0 Å². The summed E-state index contributed by atoms with van der Waals surface area (Å²) in [5.41, 5.74) is 1.68. The fraction of sp³-hybridized carbons (Fsp3) is 0.250. The van der Waals surface area contributed by atoms with Gasteiger partial charge in [0.05, 0.1) is 10.6 Å². The third-order valence-corrected chi connectivity index (χ3v) is 3.98. The Morgan fingerprint density at radius 2 is 2.00 bits per heavy atom. The van der Waals surface area contributed by atoms with Gasteiger partial charge in [0.25, 0.3) is 5.91 Å². The molecule has 0 radical (unpaired) electrons. The molecule has 0 bridgehead atoms. The highest BCUT2D eigenvalue weighted by atomic mass is 35.5. The van der Waals surface area contributed by atoms with Crippen LogP contribution in [0.2, 0.25) is 10.2 Å². The fourth-order valence-electron chi connectivity index (χ4n) is 2.00. The minimum atomic E-state index is -0.193. The summed E-state index contributed by atoms with van der Waals surface area (Å²) in [6.45, 7) is 2.73. The van der Waals surface area contributed by atoms with Crippen molar-refractivity contribution in [3.63, 3.8) is 0 Å². The molecule has 0 fully saturated rings. The number of hydrogen-bond donors (Lipinski definition) is 1. The molecule has 0 aliphatic heterocycles. The van der Waals surface area contributed by atoms with E-state index in [1.54, 1.807) is 0 Å². The zero-order valence-electron chi connectivity index (χ0n) is 11.6. The van der Waals surface area contributed by atoms with Crippen molar-refractivity contribution >= 4 is 29.1 Å². The van der Waals surface area contributed by atoms with Crippen molar-refractivity contribution in [1.82, 2.24) is 10.3 Å². The number of halogens is 2. The number of benzene rings is 1. The lowest BCUT2D eigenvalue weighted by Crippen LogP contribution is -2.25. The van der Waals surface area contributed by atoms with Gasteiger partial charge in [0.15, 0.2) is 0 Å². The van der Waals surface area contributed by atoms with Gasteiger partial charge >= 0.3 is 0 Å². The Bertz CT molecular complexity index is 617. The van der Waals surface area contributed by atoms with Gasteiger partial charge in [0.2, 0.25) is 0 Å². The predicted molar refractivity (Wildman–Crippen MR) is 86.1 cm³/mol. The summed E-state index contributed by atoms with van der Waals surface area (Å²) >= 11 is 11.6. The highest BCUT2D eigenvalue weighted by molar-refractivity contribution is 6.41. The van der Waals surface area contributed by atoms with Gasteiger partial charge in [-0.3, -0.25) is 4.79 Å². The van der Waals surface area contributed by atoms with Crippen LogP contribution >= 0.6 is 23.2 Å². The number of carbonyl (C=O) groups is 1. The van der Waals surface area contributed by atoms with E-state index < -0.39 is 0 Å². The van der Waals surface area contributed by atoms with Crippen molar-refractivity contribution in [2.24, 2.45) is 0 Å². The zero-order valence-corrected chi connectivity index (χ0v) is 13.2. The maximum absolute atomic E-state index is 12.0. The van der Waals surface area contributed by atoms with Gasteiger partial charge in [-0.25, -0.2) is 4.98 Å². The third kappa shape index (κ3) is 4.45. The van der Waals surface area contributed by atoms with E-state index in [4.69, 9.17) is 23.2 Å². The van der Waals surface area contributed by atoms with Gasteiger partial charge in [0.1, 0.15) is 5.15 Å². The standard InChI is InChI=1S/C16H16Cl2N2O/c1-11(12-5-3-2-4-6-12)7-8-19-16(21)13-9-14(17)15(18)20-10-13/h2-6,9-11H,7-8H2,1H3,(H,19,21). The Hall–Kier alpha value is -1.58. The molecule has 110 valence electrons. The quantitative estimate of drug-likeness (QED) is 0.833. The average molecular weight is 323 g/mol. The summed E-state index contributed by atoms with van der Waals surface area (Å²) in [6, 6.07) is 11.7. The van der Waals surface area contributed by atoms with E-state index >= 15 is 0 Å². The molecular weight excluding hydrogens is 307 g/mol. The second kappa shape index (κ2) is 7.43. The van der Waals surface area contributed by atoms with Gasteiger partial charge in [-0.05, 0) is 24.0 Å². The SMILES string of the molecule is CC(CCNC(=O)c1cnc(Cl)c(Cl)c1)c1ccccc1. The smallest absolute Gasteiger partial charge is 0.252 e. The summed E-state index contributed by atoms with van der Waals surface area (Å²) in [4.78, 5) is 15.8. The number of rotatable bonds is 5. The van der Waals surface area contributed by atoms with Gasteiger partial charge in [0, 0.05) is 12.7 Å². The van der Waals surface area contributed by atoms with E-state index in [0.29, 0.717) is 18.0 Å². The molecule has 1 N–H and O–H groups in total. The lowest BCUT2D eigenvalue weighted by molar-refractivity contribution is 0.0952. The van der Waals surface area contributed by atoms with Crippen LogP contribution in [0.1, 0.15) is 35.2 Å². The monoisotopic (exact) mass is 322 g/mol. The van der Waals surface area contributed by atoms with Crippen LogP contribution in [0.4, 0.5) is 0 Å². The van der Waals surface area contributed by atoms with Crippen LogP contribution in [0.25, 0.3) is 0 Å². The van der Waals surface area contributed by atoms with Gasteiger partial charge < -0.3 is 5.32 Å². The summed E-state index contributed by atoms with van der Waals surface area (Å²) in [6.07, 6.45) is 2.29. The molecule has 1 aromatic heterocycles. The number of pyridine rings is 1. The first kappa shape index (κ1) is 15.8. The van der Waals surface area contributed by atoms with E-state index in [0.717, 1.165) is 6.42 Å². The van der Waals surface area contributed by atoms with Crippen LogP contribution in [0.5, 0.6) is 0 Å². The summed E-state index contributed by atoms with van der Waals surface area (Å²) in [5, 5.41) is 3.35. The molecule has 0 saturated heterocycles. The van der Waals surface area contributed by atoms with Crippen LogP contribution in [0.3, 0.4) is 0 Å². The van der Waals surface area contributed by atoms with Crippen molar-refractivity contribution in [1.29, 1.82) is 0 Å². The van der Waals surface area contributed by atoms with Crippen molar-refractivity contribution in [3.8, 4) is 0 Å². The van der Waals surface area contributed by atoms with Crippen molar-refractivity contribution < 1.29 is 4.79 Å². The number of nitrogens with one attached hydrogen (secondary N) is 1. The molecule has 2 aromatic rings. The average Bonchev–Trinajstić information content (AvgIpc) is 2.50. The second-order valence-corrected chi connectivity index (χ2v) is 5.62.